The van der Waals surface area contributed by atoms with E-state index in [1.54, 1.807) is 7.11 Å². The highest BCUT2D eigenvalue weighted by Crippen LogP contribution is 2.21. The molecule has 1 fully saturated rings. The molecule has 0 radical (unpaired) electrons. The van der Waals surface area contributed by atoms with Crippen LogP contribution in [0.25, 0.3) is 0 Å². The third-order valence-electron chi connectivity index (χ3n) is 3.96. The fraction of sp³-hybridized carbons (Fsp3) is 0.562. The Balaban J connectivity index is 2.01. The highest BCUT2D eigenvalue weighted by Gasteiger charge is 2.16. The van der Waals surface area contributed by atoms with Crippen LogP contribution in [0.3, 0.4) is 0 Å². The van der Waals surface area contributed by atoms with E-state index in [-0.39, 0.29) is 0 Å². The largest absolute Gasteiger partial charge is 0.496 e. The van der Waals surface area contributed by atoms with Gasteiger partial charge in [0.15, 0.2) is 5.96 Å². The zero-order valence-corrected chi connectivity index (χ0v) is 12.7. The van der Waals surface area contributed by atoms with Gasteiger partial charge >= 0.3 is 0 Å². The molecule has 0 bridgehead atoms. The van der Waals surface area contributed by atoms with Crippen molar-refractivity contribution in [3.05, 3.63) is 29.3 Å². The number of nitrogens with two attached hydrogens (primary N) is 1. The van der Waals surface area contributed by atoms with Gasteiger partial charge in [0.05, 0.1) is 13.7 Å². The van der Waals surface area contributed by atoms with E-state index in [1.165, 1.54) is 18.4 Å². The zero-order valence-electron chi connectivity index (χ0n) is 12.7. The molecule has 0 aliphatic carbocycles. The van der Waals surface area contributed by atoms with Crippen LogP contribution in [-0.4, -0.2) is 31.1 Å². The average molecular weight is 275 g/mol. The first-order chi connectivity index (χ1) is 9.60. The molecule has 1 aliphatic heterocycles. The lowest BCUT2D eigenvalue weighted by atomic mass is 10.00. The monoisotopic (exact) mass is 275 g/mol. The Morgan fingerprint density at radius 3 is 2.75 bits per heavy atom. The minimum absolute atomic E-state index is 0.571. The molecular weight excluding hydrogens is 250 g/mol. The van der Waals surface area contributed by atoms with E-state index in [2.05, 4.69) is 35.9 Å². The van der Waals surface area contributed by atoms with Crippen LogP contribution in [0.1, 0.15) is 30.9 Å². The van der Waals surface area contributed by atoms with Crippen molar-refractivity contribution in [2.45, 2.75) is 33.2 Å². The number of piperidine rings is 1. The van der Waals surface area contributed by atoms with Crippen LogP contribution in [0.15, 0.2) is 23.2 Å². The number of ether oxygens (including phenoxy) is 1. The molecule has 0 aromatic heterocycles. The number of methoxy groups -OCH3 is 1. The highest BCUT2D eigenvalue weighted by molar-refractivity contribution is 5.78. The molecule has 2 N–H and O–H groups in total. The number of guanidine groups is 1. The molecule has 0 saturated carbocycles. The number of rotatable bonds is 3. The van der Waals surface area contributed by atoms with Crippen molar-refractivity contribution in [3.63, 3.8) is 0 Å². The summed E-state index contributed by atoms with van der Waals surface area (Å²) in [5.41, 5.74) is 8.36. The Labute approximate surface area is 121 Å². The molecule has 1 aliphatic rings. The van der Waals surface area contributed by atoms with Gasteiger partial charge in [-0.25, -0.2) is 4.99 Å². The molecule has 20 heavy (non-hydrogen) atoms. The number of likely N-dealkylation sites (tertiary alicyclic amines) is 1. The summed E-state index contributed by atoms with van der Waals surface area (Å²) < 4.78 is 5.39. The first-order valence-electron chi connectivity index (χ1n) is 7.28. The molecule has 0 amide bonds. The third kappa shape index (κ3) is 3.65. The summed E-state index contributed by atoms with van der Waals surface area (Å²) in [4.78, 5) is 6.70. The molecule has 0 atom stereocenters. The summed E-state index contributed by atoms with van der Waals surface area (Å²) in [6.45, 7) is 6.95. The number of aliphatic imine (C=N–C) groups is 1. The molecule has 1 aromatic carbocycles. The normalized spacial score (nSPS) is 17.4. The Kier molecular flexibility index (Phi) is 4.88. The maximum Gasteiger partial charge on any atom is 0.191 e. The fourth-order valence-electron chi connectivity index (χ4n) is 2.49. The minimum atomic E-state index is 0.571. The molecular formula is C16H25N3O. The lowest BCUT2D eigenvalue weighted by Gasteiger charge is -2.31. The summed E-state index contributed by atoms with van der Waals surface area (Å²) in [7, 11) is 1.69. The van der Waals surface area contributed by atoms with Crippen molar-refractivity contribution in [3.8, 4) is 5.75 Å². The minimum Gasteiger partial charge on any atom is -0.496 e. The molecule has 4 nitrogen and oxygen atoms in total. The van der Waals surface area contributed by atoms with Gasteiger partial charge in [-0.1, -0.05) is 19.1 Å². The molecule has 1 heterocycles. The lowest BCUT2D eigenvalue weighted by Crippen LogP contribution is -2.42. The molecule has 2 rings (SSSR count). The van der Waals surface area contributed by atoms with E-state index in [0.29, 0.717) is 12.5 Å². The number of hydrogen-bond donors (Lipinski definition) is 1. The predicted octanol–water partition coefficient (Wildman–Crippen LogP) is 2.55. The second kappa shape index (κ2) is 6.64. The molecule has 0 unspecified atom stereocenters. The second-order valence-corrected chi connectivity index (χ2v) is 5.66. The summed E-state index contributed by atoms with van der Waals surface area (Å²) in [6.07, 6.45) is 2.40. The van der Waals surface area contributed by atoms with E-state index >= 15 is 0 Å². The maximum absolute atomic E-state index is 6.10. The van der Waals surface area contributed by atoms with Gasteiger partial charge in [0.25, 0.3) is 0 Å². The van der Waals surface area contributed by atoms with Crippen LogP contribution in [-0.2, 0) is 6.54 Å². The zero-order chi connectivity index (χ0) is 14.5. The maximum atomic E-state index is 6.10. The second-order valence-electron chi connectivity index (χ2n) is 5.66. The van der Waals surface area contributed by atoms with E-state index in [0.717, 1.165) is 30.3 Å². The van der Waals surface area contributed by atoms with Crippen LogP contribution in [0, 0.1) is 12.8 Å². The van der Waals surface area contributed by atoms with Crippen LogP contribution in [0.2, 0.25) is 0 Å². The van der Waals surface area contributed by atoms with E-state index in [1.807, 2.05) is 6.07 Å². The van der Waals surface area contributed by atoms with E-state index < -0.39 is 0 Å². The van der Waals surface area contributed by atoms with Crippen molar-refractivity contribution < 1.29 is 4.74 Å². The van der Waals surface area contributed by atoms with Gasteiger partial charge in [0, 0.05) is 18.7 Å². The molecule has 1 saturated heterocycles. The van der Waals surface area contributed by atoms with E-state index in [4.69, 9.17) is 10.5 Å². The highest BCUT2D eigenvalue weighted by atomic mass is 16.5. The van der Waals surface area contributed by atoms with Gasteiger partial charge in [-0.05, 0) is 37.3 Å². The van der Waals surface area contributed by atoms with Gasteiger partial charge in [0.2, 0.25) is 0 Å². The number of benzene rings is 1. The summed E-state index contributed by atoms with van der Waals surface area (Å²) >= 11 is 0. The first kappa shape index (κ1) is 14.7. The Bertz CT molecular complexity index is 477. The molecule has 4 heteroatoms. The quantitative estimate of drug-likeness (QED) is 0.681. The van der Waals surface area contributed by atoms with Crippen molar-refractivity contribution in [1.82, 2.24) is 4.90 Å². The summed E-state index contributed by atoms with van der Waals surface area (Å²) in [6, 6.07) is 6.17. The van der Waals surface area contributed by atoms with Crippen molar-refractivity contribution >= 4 is 5.96 Å². The number of nitrogens with zero attached hydrogens (tertiary/aromatic N) is 2. The number of aryl methyl sites for hydroxylation is 1. The molecule has 1 aromatic rings. The van der Waals surface area contributed by atoms with E-state index in [9.17, 15) is 0 Å². The number of hydrogen-bond acceptors (Lipinski definition) is 2. The van der Waals surface area contributed by atoms with Crippen molar-refractivity contribution in [1.29, 1.82) is 0 Å². The van der Waals surface area contributed by atoms with Gasteiger partial charge in [-0.3, -0.25) is 0 Å². The topological polar surface area (TPSA) is 50.9 Å². The fourth-order valence-corrected chi connectivity index (χ4v) is 2.49. The summed E-state index contributed by atoms with van der Waals surface area (Å²) in [5, 5.41) is 0. The standard InChI is InChI=1S/C16H25N3O/c1-12-6-8-19(9-7-12)16(17)18-11-14-5-4-13(2)10-15(14)20-3/h4-5,10,12H,6-9,11H2,1-3H3,(H2,17,18). The van der Waals surface area contributed by atoms with Crippen LogP contribution in [0.4, 0.5) is 0 Å². The molecule has 0 spiro atoms. The van der Waals surface area contributed by atoms with Crippen molar-refractivity contribution in [2.24, 2.45) is 16.6 Å². The third-order valence-corrected chi connectivity index (χ3v) is 3.96. The predicted molar refractivity (Wildman–Crippen MR) is 83.0 cm³/mol. The summed E-state index contributed by atoms with van der Waals surface area (Å²) in [5.74, 6) is 2.34. The Hall–Kier alpha value is -1.71. The first-order valence-corrected chi connectivity index (χ1v) is 7.28. The SMILES string of the molecule is COc1cc(C)ccc1CN=C(N)N1CCC(C)CC1. The van der Waals surface area contributed by atoms with Crippen LogP contribution >= 0.6 is 0 Å². The Morgan fingerprint density at radius 2 is 2.10 bits per heavy atom. The van der Waals surface area contributed by atoms with Crippen LogP contribution in [0.5, 0.6) is 5.75 Å². The molecule has 110 valence electrons. The van der Waals surface area contributed by atoms with Gasteiger partial charge < -0.3 is 15.4 Å². The lowest BCUT2D eigenvalue weighted by molar-refractivity contribution is 0.277. The van der Waals surface area contributed by atoms with Crippen LogP contribution < -0.4 is 10.5 Å². The van der Waals surface area contributed by atoms with Gasteiger partial charge in [-0.2, -0.15) is 0 Å². The van der Waals surface area contributed by atoms with Crippen molar-refractivity contribution in [2.75, 3.05) is 20.2 Å². The Morgan fingerprint density at radius 1 is 1.40 bits per heavy atom. The van der Waals surface area contributed by atoms with Gasteiger partial charge in [-0.15, -0.1) is 0 Å². The smallest absolute Gasteiger partial charge is 0.191 e. The average Bonchev–Trinajstić information content (AvgIpc) is 2.46. The van der Waals surface area contributed by atoms with Gasteiger partial charge in [0.1, 0.15) is 5.75 Å².